The van der Waals surface area contributed by atoms with Gasteiger partial charge in [0.1, 0.15) is 0 Å². The molecule has 2 aromatic rings. The van der Waals surface area contributed by atoms with Crippen molar-refractivity contribution in [3.63, 3.8) is 0 Å². The van der Waals surface area contributed by atoms with Gasteiger partial charge >= 0.3 is 6.18 Å². The molecule has 0 N–H and O–H groups in total. The number of ether oxygens (including phenoxy) is 1. The van der Waals surface area contributed by atoms with Crippen LogP contribution in [0.25, 0.3) is 11.0 Å². The zero-order chi connectivity index (χ0) is 20.5. The summed E-state index contributed by atoms with van der Waals surface area (Å²) in [7, 11) is -2.13. The van der Waals surface area contributed by atoms with Crippen molar-refractivity contribution in [3.8, 4) is 0 Å². The summed E-state index contributed by atoms with van der Waals surface area (Å²) in [5.74, 6) is -0.905. The zero-order valence-corrected chi connectivity index (χ0v) is 16.7. The smallest absolute Gasteiger partial charge is 0.381 e. The topological polar surface area (TPSA) is 64.4 Å². The van der Waals surface area contributed by atoms with Gasteiger partial charge in [0.05, 0.1) is 22.5 Å². The molecule has 0 saturated carbocycles. The maximum Gasteiger partial charge on any atom is 0.449 e. The minimum atomic E-state index is -4.59. The molecule has 1 aliphatic heterocycles. The van der Waals surface area contributed by atoms with Crippen LogP contribution in [-0.2, 0) is 27.5 Å². The van der Waals surface area contributed by atoms with Crippen LogP contribution in [0.1, 0.15) is 32.0 Å². The molecule has 3 rings (SSSR count). The quantitative estimate of drug-likeness (QED) is 0.717. The lowest BCUT2D eigenvalue weighted by Gasteiger charge is -2.24. The van der Waals surface area contributed by atoms with Crippen molar-refractivity contribution in [1.82, 2.24) is 9.55 Å². The molecule has 0 aliphatic carbocycles. The largest absolute Gasteiger partial charge is 0.449 e. The summed E-state index contributed by atoms with van der Waals surface area (Å²) >= 11 is 0. The van der Waals surface area contributed by atoms with Gasteiger partial charge in [0.2, 0.25) is 15.8 Å². The Hall–Kier alpha value is -1.81. The van der Waals surface area contributed by atoms with Crippen LogP contribution in [0, 0.1) is 5.92 Å². The van der Waals surface area contributed by atoms with E-state index in [0.717, 1.165) is 4.31 Å². The molecule has 10 heteroatoms. The van der Waals surface area contributed by atoms with E-state index in [1.807, 2.05) is 0 Å². The fraction of sp³-hybridized carbons (Fsp3) is 0.611. The minimum absolute atomic E-state index is 0.0342. The van der Waals surface area contributed by atoms with Gasteiger partial charge in [0, 0.05) is 26.8 Å². The molecule has 1 saturated heterocycles. The molecule has 2 heterocycles. The highest BCUT2D eigenvalue weighted by molar-refractivity contribution is 7.92. The van der Waals surface area contributed by atoms with E-state index in [1.165, 1.54) is 29.8 Å². The lowest BCUT2D eigenvalue weighted by molar-refractivity contribution is -0.147. The number of fused-ring (bicyclic) bond motifs is 1. The Bertz CT molecular complexity index is 935. The van der Waals surface area contributed by atoms with Gasteiger partial charge in [-0.3, -0.25) is 4.31 Å². The van der Waals surface area contributed by atoms with E-state index in [4.69, 9.17) is 4.74 Å². The van der Waals surface area contributed by atoms with E-state index in [1.54, 1.807) is 6.92 Å². The maximum atomic E-state index is 13.6. The molecule has 1 aliphatic rings. The lowest BCUT2D eigenvalue weighted by atomic mass is 10.0. The summed E-state index contributed by atoms with van der Waals surface area (Å²) < 4.78 is 72.9. The monoisotopic (exact) mass is 419 g/mol. The van der Waals surface area contributed by atoms with Crippen molar-refractivity contribution in [3.05, 3.63) is 24.0 Å². The summed E-state index contributed by atoms with van der Waals surface area (Å²) in [6.07, 6.45) is -2.74. The van der Waals surface area contributed by atoms with Crippen molar-refractivity contribution < 1.29 is 26.3 Å². The molecule has 28 heavy (non-hydrogen) atoms. The minimum Gasteiger partial charge on any atom is -0.381 e. The SMILES string of the molecule is CCCS(=O)(=O)N(C)c1ccc2c(c1)nc(C(F)(F)F)n2CC1CCOCC1. The highest BCUT2D eigenvalue weighted by Crippen LogP contribution is 2.34. The number of anilines is 1. The Kier molecular flexibility index (Phi) is 5.90. The Morgan fingerprint density at radius 1 is 1.29 bits per heavy atom. The normalized spacial score (nSPS) is 16.6. The van der Waals surface area contributed by atoms with Crippen molar-refractivity contribution >= 4 is 26.7 Å². The first-order chi connectivity index (χ1) is 13.1. The standard InChI is InChI=1S/C18H24F3N3O3S/c1-3-10-28(25,26)23(2)14-4-5-16-15(11-14)22-17(18(19,20)21)24(16)12-13-6-8-27-9-7-13/h4-5,11,13H,3,6-10,12H2,1-2H3. The third-order valence-corrected chi connectivity index (χ3v) is 6.98. The first-order valence-corrected chi connectivity index (χ1v) is 10.9. The Balaban J connectivity index is 2.02. The Morgan fingerprint density at radius 2 is 1.96 bits per heavy atom. The van der Waals surface area contributed by atoms with Gasteiger partial charge in [0.15, 0.2) is 0 Å². The van der Waals surface area contributed by atoms with Gasteiger partial charge in [-0.15, -0.1) is 0 Å². The fourth-order valence-corrected chi connectivity index (χ4v) is 4.68. The molecule has 0 bridgehead atoms. The second kappa shape index (κ2) is 7.90. The third kappa shape index (κ3) is 4.27. The van der Waals surface area contributed by atoms with Crippen LogP contribution < -0.4 is 4.31 Å². The number of halogens is 3. The average Bonchev–Trinajstić information content (AvgIpc) is 3.00. The molecule has 6 nitrogen and oxygen atoms in total. The summed E-state index contributed by atoms with van der Waals surface area (Å²) in [5.41, 5.74) is 0.782. The average molecular weight is 419 g/mol. The number of nitrogens with zero attached hydrogens (tertiary/aromatic N) is 3. The van der Waals surface area contributed by atoms with Gasteiger partial charge in [-0.2, -0.15) is 13.2 Å². The van der Waals surface area contributed by atoms with E-state index in [9.17, 15) is 21.6 Å². The number of alkyl halides is 3. The van der Waals surface area contributed by atoms with Crippen LogP contribution in [0.2, 0.25) is 0 Å². The van der Waals surface area contributed by atoms with Crippen LogP contribution in [0.4, 0.5) is 18.9 Å². The van der Waals surface area contributed by atoms with Gasteiger partial charge in [-0.25, -0.2) is 13.4 Å². The lowest BCUT2D eigenvalue weighted by Crippen LogP contribution is -2.28. The highest BCUT2D eigenvalue weighted by atomic mass is 32.2. The zero-order valence-electron chi connectivity index (χ0n) is 15.9. The Labute approximate surface area is 162 Å². The fourth-order valence-electron chi connectivity index (χ4n) is 3.46. The highest BCUT2D eigenvalue weighted by Gasteiger charge is 2.38. The van der Waals surface area contributed by atoms with Crippen molar-refractivity contribution in [1.29, 1.82) is 0 Å². The number of rotatable bonds is 6. The Morgan fingerprint density at radius 3 is 2.57 bits per heavy atom. The molecule has 0 amide bonds. The number of aromatic nitrogens is 2. The number of hydrogen-bond donors (Lipinski definition) is 0. The van der Waals surface area contributed by atoms with Crippen LogP contribution >= 0.6 is 0 Å². The van der Waals surface area contributed by atoms with E-state index in [2.05, 4.69) is 4.98 Å². The number of sulfonamides is 1. The van der Waals surface area contributed by atoms with Gasteiger partial charge in [-0.05, 0) is 43.4 Å². The van der Waals surface area contributed by atoms with Crippen LogP contribution in [0.3, 0.4) is 0 Å². The molecular formula is C18H24F3N3O3S. The molecule has 0 radical (unpaired) electrons. The molecule has 0 spiro atoms. The molecule has 1 aromatic carbocycles. The van der Waals surface area contributed by atoms with Crippen LogP contribution in [-0.4, -0.2) is 44.0 Å². The molecule has 1 aromatic heterocycles. The van der Waals surface area contributed by atoms with Crippen LogP contribution in [0.15, 0.2) is 18.2 Å². The van der Waals surface area contributed by atoms with Gasteiger partial charge < -0.3 is 9.30 Å². The molecule has 1 fully saturated rings. The van der Waals surface area contributed by atoms with Gasteiger partial charge in [-0.1, -0.05) is 6.92 Å². The van der Waals surface area contributed by atoms with E-state index in [0.29, 0.717) is 43.7 Å². The molecular weight excluding hydrogens is 395 g/mol. The second-order valence-corrected chi connectivity index (χ2v) is 9.18. The maximum absolute atomic E-state index is 13.6. The predicted octanol–water partition coefficient (Wildman–Crippen LogP) is 3.66. The summed E-state index contributed by atoms with van der Waals surface area (Å²) in [4.78, 5) is 3.81. The molecule has 156 valence electrons. The summed E-state index contributed by atoms with van der Waals surface area (Å²) in [6.45, 7) is 3.05. The van der Waals surface area contributed by atoms with Crippen LogP contribution in [0.5, 0.6) is 0 Å². The summed E-state index contributed by atoms with van der Waals surface area (Å²) in [5, 5.41) is 0. The van der Waals surface area contributed by atoms with E-state index in [-0.39, 0.29) is 23.7 Å². The van der Waals surface area contributed by atoms with E-state index < -0.39 is 22.0 Å². The molecule has 0 atom stereocenters. The number of imidazole rings is 1. The predicted molar refractivity (Wildman–Crippen MR) is 101 cm³/mol. The van der Waals surface area contributed by atoms with Gasteiger partial charge in [0.25, 0.3) is 0 Å². The van der Waals surface area contributed by atoms with E-state index >= 15 is 0 Å². The van der Waals surface area contributed by atoms with Crippen molar-refractivity contribution in [2.24, 2.45) is 5.92 Å². The molecule has 0 unspecified atom stereocenters. The summed E-state index contributed by atoms with van der Waals surface area (Å²) in [6, 6.07) is 4.44. The number of hydrogen-bond acceptors (Lipinski definition) is 4. The second-order valence-electron chi connectivity index (χ2n) is 7.06. The van der Waals surface area contributed by atoms with Crippen molar-refractivity contribution in [2.45, 2.75) is 38.9 Å². The first kappa shape index (κ1) is 20.9. The number of benzene rings is 1. The van der Waals surface area contributed by atoms with Crippen molar-refractivity contribution in [2.75, 3.05) is 30.3 Å². The first-order valence-electron chi connectivity index (χ1n) is 9.25. The third-order valence-electron chi connectivity index (χ3n) is 5.01.